The third-order valence-corrected chi connectivity index (χ3v) is 1.89. The molecule has 1 heterocycles. The minimum atomic E-state index is 0.699. The Bertz CT molecular complexity index is 132. The molecule has 0 spiro atoms. The van der Waals surface area contributed by atoms with Crippen LogP contribution < -0.4 is 5.32 Å². The smallest absolute Gasteiger partial charge is 0.129 e. The van der Waals surface area contributed by atoms with E-state index < -0.39 is 0 Å². The van der Waals surface area contributed by atoms with Crippen molar-refractivity contribution in [2.45, 2.75) is 6.92 Å². The Morgan fingerprint density at radius 1 is 1.50 bits per heavy atom. The lowest BCUT2D eigenvalue weighted by atomic mass is 10.4. The van der Waals surface area contributed by atoms with E-state index in [1.807, 2.05) is 6.92 Å². The Labute approximate surface area is 73.6 Å². The third kappa shape index (κ3) is 3.69. The zero-order valence-electron chi connectivity index (χ0n) is 7.62. The highest BCUT2D eigenvalue weighted by molar-refractivity contribution is 5.52. The van der Waals surface area contributed by atoms with Crippen LogP contribution in [0.1, 0.15) is 6.92 Å². The number of hydrogen-bond donors (Lipinski definition) is 1. The van der Waals surface area contributed by atoms with Gasteiger partial charge in [-0.3, -0.25) is 4.90 Å². The summed E-state index contributed by atoms with van der Waals surface area (Å²) in [5.74, 6) is 0. The Kier molecular flexibility index (Phi) is 4.71. The summed E-state index contributed by atoms with van der Waals surface area (Å²) in [5, 5.41) is 6.99. The standard InChI is InChI=1S/C8H17N3O/c1-2-10-12-8-7-11-5-3-9-4-6-11/h2,9H,3-8H2,1H3/b10-2+. The lowest BCUT2D eigenvalue weighted by Gasteiger charge is -2.26. The van der Waals surface area contributed by atoms with E-state index in [2.05, 4.69) is 15.4 Å². The molecule has 0 aromatic heterocycles. The Morgan fingerprint density at radius 2 is 2.25 bits per heavy atom. The zero-order valence-corrected chi connectivity index (χ0v) is 7.62. The fourth-order valence-corrected chi connectivity index (χ4v) is 1.23. The number of hydrogen-bond acceptors (Lipinski definition) is 4. The first kappa shape index (κ1) is 9.48. The van der Waals surface area contributed by atoms with Gasteiger partial charge in [0.25, 0.3) is 0 Å². The monoisotopic (exact) mass is 171 g/mol. The van der Waals surface area contributed by atoms with Crippen LogP contribution in [0.3, 0.4) is 0 Å². The van der Waals surface area contributed by atoms with E-state index >= 15 is 0 Å². The van der Waals surface area contributed by atoms with Crippen molar-refractivity contribution in [3.8, 4) is 0 Å². The molecule has 1 aliphatic rings. The molecule has 0 radical (unpaired) electrons. The average molecular weight is 171 g/mol. The van der Waals surface area contributed by atoms with Crippen molar-refractivity contribution in [1.29, 1.82) is 0 Å². The minimum absolute atomic E-state index is 0.699. The second-order valence-corrected chi connectivity index (χ2v) is 2.79. The molecule has 0 saturated carbocycles. The number of nitrogens with zero attached hydrogens (tertiary/aromatic N) is 2. The summed E-state index contributed by atoms with van der Waals surface area (Å²) in [7, 11) is 0. The van der Waals surface area contributed by atoms with E-state index in [1.54, 1.807) is 6.21 Å². The summed E-state index contributed by atoms with van der Waals surface area (Å²) in [6.45, 7) is 7.97. The molecule has 70 valence electrons. The quantitative estimate of drug-likeness (QED) is 0.365. The highest BCUT2D eigenvalue weighted by atomic mass is 16.6. The van der Waals surface area contributed by atoms with Gasteiger partial charge in [0.1, 0.15) is 6.61 Å². The molecule has 4 heteroatoms. The molecule has 0 unspecified atom stereocenters. The fourth-order valence-electron chi connectivity index (χ4n) is 1.23. The van der Waals surface area contributed by atoms with Crippen molar-refractivity contribution in [3.05, 3.63) is 0 Å². The Morgan fingerprint density at radius 3 is 2.92 bits per heavy atom. The molecule has 1 rings (SSSR count). The van der Waals surface area contributed by atoms with E-state index in [0.29, 0.717) is 6.61 Å². The van der Waals surface area contributed by atoms with Crippen LogP contribution in [-0.2, 0) is 4.84 Å². The number of rotatable bonds is 4. The van der Waals surface area contributed by atoms with E-state index in [4.69, 9.17) is 4.84 Å². The molecule has 4 nitrogen and oxygen atoms in total. The van der Waals surface area contributed by atoms with Crippen LogP contribution in [0.5, 0.6) is 0 Å². The van der Waals surface area contributed by atoms with Gasteiger partial charge in [0, 0.05) is 38.9 Å². The van der Waals surface area contributed by atoms with E-state index in [-0.39, 0.29) is 0 Å². The van der Waals surface area contributed by atoms with Crippen LogP contribution in [0.25, 0.3) is 0 Å². The molecule has 12 heavy (non-hydrogen) atoms. The van der Waals surface area contributed by atoms with E-state index in [1.165, 1.54) is 0 Å². The highest BCUT2D eigenvalue weighted by Crippen LogP contribution is 1.91. The number of nitrogens with one attached hydrogen (secondary N) is 1. The summed E-state index contributed by atoms with van der Waals surface area (Å²) in [6, 6.07) is 0. The number of oxime groups is 1. The van der Waals surface area contributed by atoms with Crippen molar-refractivity contribution >= 4 is 6.21 Å². The van der Waals surface area contributed by atoms with Crippen molar-refractivity contribution in [3.63, 3.8) is 0 Å². The molecule has 1 fully saturated rings. The van der Waals surface area contributed by atoms with E-state index in [9.17, 15) is 0 Å². The molecule has 1 saturated heterocycles. The maximum Gasteiger partial charge on any atom is 0.129 e. The fraction of sp³-hybridized carbons (Fsp3) is 0.875. The zero-order chi connectivity index (χ0) is 8.65. The molecule has 0 aliphatic carbocycles. The molecule has 0 aromatic carbocycles. The molecule has 0 amide bonds. The van der Waals surface area contributed by atoms with Crippen LogP contribution >= 0.6 is 0 Å². The Hall–Kier alpha value is -0.610. The third-order valence-electron chi connectivity index (χ3n) is 1.89. The van der Waals surface area contributed by atoms with Crippen LogP contribution in [0.4, 0.5) is 0 Å². The van der Waals surface area contributed by atoms with Crippen molar-refractivity contribution in [2.24, 2.45) is 5.16 Å². The molecule has 1 N–H and O–H groups in total. The van der Waals surface area contributed by atoms with Crippen molar-refractivity contribution < 1.29 is 4.84 Å². The summed E-state index contributed by atoms with van der Waals surface area (Å²) in [6.07, 6.45) is 1.66. The first-order valence-corrected chi connectivity index (χ1v) is 4.46. The highest BCUT2D eigenvalue weighted by Gasteiger charge is 2.07. The van der Waals surface area contributed by atoms with E-state index in [0.717, 1.165) is 32.7 Å². The first-order valence-electron chi connectivity index (χ1n) is 4.46. The lowest BCUT2D eigenvalue weighted by Crippen LogP contribution is -2.44. The summed E-state index contributed by atoms with van der Waals surface area (Å²) < 4.78 is 0. The molecular formula is C8H17N3O. The van der Waals surface area contributed by atoms with Crippen LogP contribution in [0.2, 0.25) is 0 Å². The van der Waals surface area contributed by atoms with Gasteiger partial charge in [-0.05, 0) is 6.92 Å². The summed E-state index contributed by atoms with van der Waals surface area (Å²) >= 11 is 0. The molecule has 1 aliphatic heterocycles. The van der Waals surface area contributed by atoms with Crippen molar-refractivity contribution in [2.75, 3.05) is 39.3 Å². The van der Waals surface area contributed by atoms with Gasteiger partial charge in [0.15, 0.2) is 0 Å². The normalized spacial score (nSPS) is 20.1. The summed E-state index contributed by atoms with van der Waals surface area (Å²) in [5.41, 5.74) is 0. The van der Waals surface area contributed by atoms with Crippen molar-refractivity contribution in [1.82, 2.24) is 10.2 Å². The molecule has 0 aromatic rings. The SMILES string of the molecule is C/C=N/OCCN1CCNCC1. The molecule has 0 atom stereocenters. The van der Waals surface area contributed by atoms with Gasteiger partial charge in [-0.1, -0.05) is 5.16 Å². The lowest BCUT2D eigenvalue weighted by molar-refractivity contribution is 0.106. The second-order valence-electron chi connectivity index (χ2n) is 2.79. The van der Waals surface area contributed by atoms with Crippen LogP contribution in [0.15, 0.2) is 5.16 Å². The summed E-state index contributed by atoms with van der Waals surface area (Å²) in [4.78, 5) is 7.37. The van der Waals surface area contributed by atoms with Gasteiger partial charge >= 0.3 is 0 Å². The van der Waals surface area contributed by atoms with Crippen LogP contribution in [0, 0.1) is 0 Å². The topological polar surface area (TPSA) is 36.9 Å². The first-order chi connectivity index (χ1) is 5.93. The largest absolute Gasteiger partial charge is 0.395 e. The van der Waals surface area contributed by atoms with Gasteiger partial charge in [-0.2, -0.15) is 0 Å². The minimum Gasteiger partial charge on any atom is -0.395 e. The maximum atomic E-state index is 4.99. The average Bonchev–Trinajstić information content (AvgIpc) is 2.14. The Balaban J connectivity index is 1.97. The molecule has 0 bridgehead atoms. The van der Waals surface area contributed by atoms with Crippen LogP contribution in [-0.4, -0.2) is 50.4 Å². The molecular weight excluding hydrogens is 154 g/mol. The number of piperazine rings is 1. The predicted octanol–water partition coefficient (Wildman–Crippen LogP) is -0.0861. The second kappa shape index (κ2) is 5.97. The van der Waals surface area contributed by atoms with Gasteiger partial charge in [-0.25, -0.2) is 0 Å². The maximum absolute atomic E-state index is 4.99. The predicted molar refractivity (Wildman–Crippen MR) is 49.4 cm³/mol. The van der Waals surface area contributed by atoms with Gasteiger partial charge in [0.05, 0.1) is 0 Å². The van der Waals surface area contributed by atoms with Gasteiger partial charge in [-0.15, -0.1) is 0 Å². The van der Waals surface area contributed by atoms with Gasteiger partial charge < -0.3 is 10.2 Å². The van der Waals surface area contributed by atoms with Gasteiger partial charge in [0.2, 0.25) is 0 Å².